The first-order valence-corrected chi connectivity index (χ1v) is 8.95. The number of ether oxygens (including phenoxy) is 1. The lowest BCUT2D eigenvalue weighted by Crippen LogP contribution is -2.03. The maximum atomic E-state index is 8.79. The molecule has 2 heterocycles. The second-order valence-corrected chi connectivity index (χ2v) is 6.34. The summed E-state index contributed by atoms with van der Waals surface area (Å²) in [5, 5.41) is 18.3. The van der Waals surface area contributed by atoms with Gasteiger partial charge in [-0.3, -0.25) is 0 Å². The fourth-order valence-corrected chi connectivity index (χ4v) is 3.23. The molecule has 0 unspecified atom stereocenters. The van der Waals surface area contributed by atoms with E-state index in [1.807, 2.05) is 13.0 Å². The maximum Gasteiger partial charge on any atom is 0.191 e. The number of thioether (sulfide) groups is 1. The number of hydrogen-bond donors (Lipinski definition) is 0. The van der Waals surface area contributed by atoms with Crippen molar-refractivity contribution in [2.75, 3.05) is 12.4 Å². The average Bonchev–Trinajstić information content (AvgIpc) is 3.24. The summed E-state index contributed by atoms with van der Waals surface area (Å²) in [6, 6.07) is 11.1. The Balaban J connectivity index is 1.59. The fourth-order valence-electron chi connectivity index (χ4n) is 2.41. The first-order chi connectivity index (χ1) is 12.2. The van der Waals surface area contributed by atoms with Crippen LogP contribution in [0, 0.1) is 18.3 Å². The summed E-state index contributed by atoms with van der Waals surface area (Å²) >= 11 is 1.60. The first kappa shape index (κ1) is 17.1. The van der Waals surface area contributed by atoms with Crippen LogP contribution in [0.1, 0.15) is 18.2 Å². The van der Waals surface area contributed by atoms with Gasteiger partial charge in [-0.25, -0.2) is 0 Å². The smallest absolute Gasteiger partial charge is 0.191 e. The van der Waals surface area contributed by atoms with Gasteiger partial charge in [0.25, 0.3) is 0 Å². The Morgan fingerprint density at radius 2 is 2.04 bits per heavy atom. The number of aromatic nitrogens is 3. The summed E-state index contributed by atoms with van der Waals surface area (Å²) in [6.45, 7) is 5.32. The predicted octanol–water partition coefficient (Wildman–Crippen LogP) is 3.91. The number of aryl methyl sites for hydroxylation is 1. The summed E-state index contributed by atoms with van der Waals surface area (Å²) in [7, 11) is 0. The van der Waals surface area contributed by atoms with Crippen molar-refractivity contribution in [1.82, 2.24) is 14.8 Å². The van der Waals surface area contributed by atoms with Gasteiger partial charge in [0, 0.05) is 12.3 Å². The van der Waals surface area contributed by atoms with Crippen molar-refractivity contribution in [2.24, 2.45) is 0 Å². The fraction of sp³-hybridized carbons (Fsp3) is 0.278. The van der Waals surface area contributed by atoms with E-state index in [9.17, 15) is 0 Å². The second kappa shape index (κ2) is 7.90. The molecule has 6 nitrogen and oxygen atoms in total. The molecule has 0 amide bonds. The Kier molecular flexibility index (Phi) is 5.41. The molecule has 0 aliphatic heterocycles. The standard InChI is InChI=1S/C18H18N4O2S/c1-3-22-17(16-8-9-23-13(16)2)20-21-18(22)25-11-10-24-15-6-4-14(12-19)5-7-15/h4-9H,3,10-11H2,1-2H3. The largest absolute Gasteiger partial charge is 0.493 e. The zero-order valence-corrected chi connectivity index (χ0v) is 14.9. The van der Waals surface area contributed by atoms with Crippen LogP contribution >= 0.6 is 11.8 Å². The number of benzene rings is 1. The molecule has 0 radical (unpaired) electrons. The molecule has 2 aromatic heterocycles. The number of rotatable bonds is 7. The van der Waals surface area contributed by atoms with Crippen molar-refractivity contribution in [3.63, 3.8) is 0 Å². The molecule has 0 aliphatic carbocycles. The van der Waals surface area contributed by atoms with Gasteiger partial charge in [-0.1, -0.05) is 11.8 Å². The molecular weight excluding hydrogens is 336 g/mol. The second-order valence-electron chi connectivity index (χ2n) is 5.27. The van der Waals surface area contributed by atoms with Gasteiger partial charge in [-0.05, 0) is 44.2 Å². The van der Waals surface area contributed by atoms with E-state index in [-0.39, 0.29) is 0 Å². The lowest BCUT2D eigenvalue weighted by atomic mass is 10.2. The van der Waals surface area contributed by atoms with Crippen LogP contribution in [0.2, 0.25) is 0 Å². The minimum absolute atomic E-state index is 0.549. The van der Waals surface area contributed by atoms with Crippen LogP contribution in [0.5, 0.6) is 5.75 Å². The highest BCUT2D eigenvalue weighted by atomic mass is 32.2. The minimum atomic E-state index is 0.549. The lowest BCUT2D eigenvalue weighted by Gasteiger charge is -2.08. The van der Waals surface area contributed by atoms with Crippen LogP contribution in [0.3, 0.4) is 0 Å². The molecule has 0 saturated carbocycles. The molecule has 0 bridgehead atoms. The first-order valence-electron chi connectivity index (χ1n) is 7.96. The van der Waals surface area contributed by atoms with E-state index in [0.29, 0.717) is 12.2 Å². The van der Waals surface area contributed by atoms with Gasteiger partial charge in [-0.15, -0.1) is 10.2 Å². The normalized spacial score (nSPS) is 10.6. The minimum Gasteiger partial charge on any atom is -0.493 e. The molecule has 0 aliphatic rings. The van der Waals surface area contributed by atoms with Crippen molar-refractivity contribution in [3.8, 4) is 23.2 Å². The highest BCUT2D eigenvalue weighted by Gasteiger charge is 2.16. The Bertz CT molecular complexity index is 877. The third-order valence-corrected chi connectivity index (χ3v) is 4.63. The molecule has 0 N–H and O–H groups in total. The quantitative estimate of drug-likeness (QED) is 0.473. The Morgan fingerprint density at radius 1 is 1.24 bits per heavy atom. The van der Waals surface area contributed by atoms with Crippen LogP contribution < -0.4 is 4.74 Å². The molecule has 0 atom stereocenters. The Hall–Kier alpha value is -2.72. The molecule has 3 rings (SSSR count). The zero-order chi connectivity index (χ0) is 17.6. The van der Waals surface area contributed by atoms with E-state index >= 15 is 0 Å². The summed E-state index contributed by atoms with van der Waals surface area (Å²) in [4.78, 5) is 0. The Morgan fingerprint density at radius 3 is 2.68 bits per heavy atom. The lowest BCUT2D eigenvalue weighted by molar-refractivity contribution is 0.344. The highest BCUT2D eigenvalue weighted by molar-refractivity contribution is 7.99. The van der Waals surface area contributed by atoms with E-state index in [2.05, 4.69) is 27.8 Å². The molecule has 25 heavy (non-hydrogen) atoms. The van der Waals surface area contributed by atoms with Crippen LogP contribution in [-0.4, -0.2) is 27.1 Å². The summed E-state index contributed by atoms with van der Waals surface area (Å²) in [5.41, 5.74) is 1.59. The molecule has 128 valence electrons. The van der Waals surface area contributed by atoms with Crippen LogP contribution in [0.4, 0.5) is 0 Å². The topological polar surface area (TPSA) is 76.9 Å². The third kappa shape index (κ3) is 3.86. The number of hydrogen-bond acceptors (Lipinski definition) is 6. The van der Waals surface area contributed by atoms with Gasteiger partial charge in [0.05, 0.1) is 30.1 Å². The molecule has 0 spiro atoms. The number of nitriles is 1. The Labute approximate surface area is 150 Å². The average molecular weight is 354 g/mol. The maximum absolute atomic E-state index is 8.79. The van der Waals surface area contributed by atoms with Crippen LogP contribution in [-0.2, 0) is 6.54 Å². The van der Waals surface area contributed by atoms with E-state index in [0.717, 1.165) is 40.4 Å². The van der Waals surface area contributed by atoms with Gasteiger partial charge < -0.3 is 13.7 Å². The molecule has 7 heteroatoms. The van der Waals surface area contributed by atoms with E-state index in [1.165, 1.54) is 0 Å². The number of furan rings is 1. The summed E-state index contributed by atoms with van der Waals surface area (Å²) in [5.74, 6) is 3.17. The summed E-state index contributed by atoms with van der Waals surface area (Å²) < 4.78 is 13.1. The molecule has 0 fully saturated rings. The predicted molar refractivity (Wildman–Crippen MR) is 95.5 cm³/mol. The summed E-state index contributed by atoms with van der Waals surface area (Å²) in [6.07, 6.45) is 1.66. The molecule has 3 aromatic rings. The van der Waals surface area contributed by atoms with Crippen molar-refractivity contribution < 1.29 is 9.15 Å². The van der Waals surface area contributed by atoms with E-state index in [1.54, 1.807) is 42.3 Å². The van der Waals surface area contributed by atoms with Gasteiger partial charge >= 0.3 is 0 Å². The third-order valence-electron chi connectivity index (χ3n) is 3.70. The molecule has 0 saturated heterocycles. The van der Waals surface area contributed by atoms with Gasteiger partial charge in [0.2, 0.25) is 0 Å². The SMILES string of the molecule is CCn1c(SCCOc2ccc(C#N)cc2)nnc1-c1ccoc1C. The van der Waals surface area contributed by atoms with Gasteiger partial charge in [0.1, 0.15) is 11.5 Å². The monoisotopic (exact) mass is 354 g/mol. The van der Waals surface area contributed by atoms with Crippen molar-refractivity contribution in [1.29, 1.82) is 5.26 Å². The van der Waals surface area contributed by atoms with Crippen LogP contribution in [0.25, 0.3) is 11.4 Å². The van der Waals surface area contributed by atoms with E-state index < -0.39 is 0 Å². The van der Waals surface area contributed by atoms with Crippen LogP contribution in [0.15, 0.2) is 46.2 Å². The molecule has 1 aromatic carbocycles. The van der Waals surface area contributed by atoms with Gasteiger partial charge in [0.15, 0.2) is 11.0 Å². The number of nitrogens with zero attached hydrogens (tertiary/aromatic N) is 4. The zero-order valence-electron chi connectivity index (χ0n) is 14.1. The van der Waals surface area contributed by atoms with Crippen molar-refractivity contribution >= 4 is 11.8 Å². The van der Waals surface area contributed by atoms with E-state index in [4.69, 9.17) is 14.4 Å². The highest BCUT2D eigenvalue weighted by Crippen LogP contribution is 2.26. The van der Waals surface area contributed by atoms with Crippen molar-refractivity contribution in [2.45, 2.75) is 25.5 Å². The van der Waals surface area contributed by atoms with Gasteiger partial charge in [-0.2, -0.15) is 5.26 Å². The molecular formula is C18H18N4O2S. The van der Waals surface area contributed by atoms with Crippen molar-refractivity contribution in [3.05, 3.63) is 47.9 Å².